The van der Waals surface area contributed by atoms with Gasteiger partial charge in [-0.25, -0.2) is 0 Å². The lowest BCUT2D eigenvalue weighted by atomic mass is 9.72. The lowest BCUT2D eigenvalue weighted by molar-refractivity contribution is 0.600. The molecular formula is C54H38O. The van der Waals surface area contributed by atoms with Gasteiger partial charge >= 0.3 is 0 Å². The zero-order valence-electron chi connectivity index (χ0n) is 31.4. The molecule has 0 atom stereocenters. The Morgan fingerprint density at radius 3 is 1.60 bits per heavy atom. The van der Waals surface area contributed by atoms with E-state index in [9.17, 15) is 0 Å². The summed E-state index contributed by atoms with van der Waals surface area (Å²) in [5.74, 6) is 0. The minimum Gasteiger partial charge on any atom is -0.455 e. The number of para-hydroxylation sites is 1. The molecule has 0 saturated carbocycles. The second-order valence-corrected chi connectivity index (χ2v) is 16.8. The van der Waals surface area contributed by atoms with Crippen LogP contribution in [0.25, 0.3) is 98.8 Å². The highest BCUT2D eigenvalue weighted by Gasteiger charge is 2.48. The molecule has 0 amide bonds. The summed E-state index contributed by atoms with van der Waals surface area (Å²) < 4.78 is 6.97. The SMILES string of the molecule is CC1(C)c2cc(-c3c4ccccc4c(-c4ccc5ccccc5c4)c4ccccc34)ccc2-c2c1c1c(c3c2oc2ccccc23)-c2ccccc2C1(C)C. The van der Waals surface area contributed by atoms with E-state index in [1.807, 2.05) is 0 Å². The summed E-state index contributed by atoms with van der Waals surface area (Å²) >= 11 is 0. The molecule has 2 aliphatic rings. The van der Waals surface area contributed by atoms with Crippen LogP contribution in [0.5, 0.6) is 0 Å². The highest BCUT2D eigenvalue weighted by atomic mass is 16.3. The molecular weight excluding hydrogens is 665 g/mol. The maximum atomic E-state index is 6.97. The van der Waals surface area contributed by atoms with Crippen LogP contribution in [0.1, 0.15) is 49.9 Å². The normalized spacial score (nSPS) is 14.8. The average Bonchev–Trinajstić information content (AvgIpc) is 3.79. The summed E-state index contributed by atoms with van der Waals surface area (Å²) in [6.45, 7) is 9.72. The first kappa shape index (κ1) is 31.0. The summed E-state index contributed by atoms with van der Waals surface area (Å²) in [4.78, 5) is 0. The van der Waals surface area contributed by atoms with Gasteiger partial charge in [-0.05, 0) is 112 Å². The number of benzene rings is 9. The minimum absolute atomic E-state index is 0.171. The smallest absolute Gasteiger partial charge is 0.144 e. The van der Waals surface area contributed by atoms with Gasteiger partial charge in [-0.2, -0.15) is 0 Å². The van der Waals surface area contributed by atoms with Gasteiger partial charge in [-0.15, -0.1) is 0 Å². The van der Waals surface area contributed by atoms with Gasteiger partial charge < -0.3 is 4.42 Å². The molecule has 1 aromatic heterocycles. The topological polar surface area (TPSA) is 13.1 Å². The molecule has 55 heavy (non-hydrogen) atoms. The molecule has 12 rings (SSSR count). The molecule has 260 valence electrons. The first-order valence-electron chi connectivity index (χ1n) is 19.5. The van der Waals surface area contributed by atoms with Crippen molar-refractivity contribution in [3.8, 4) is 44.5 Å². The number of fused-ring (bicyclic) bond motifs is 15. The number of hydrogen-bond acceptors (Lipinski definition) is 1. The standard InChI is InChI=1S/C54H38O/c1-53(2)42-23-13-11-21-39(42)47-48-41-22-12-14-24-44(41)55-52(48)49-40-28-27-34(30-43(40)54(3,4)51(49)50(47)53)46-37-19-9-7-17-35(37)45(36-18-8-10-20-38(36)46)33-26-25-31-15-5-6-16-32(31)29-33/h5-30H,1-4H3. The van der Waals surface area contributed by atoms with Gasteiger partial charge in [0.15, 0.2) is 0 Å². The maximum Gasteiger partial charge on any atom is 0.144 e. The van der Waals surface area contributed by atoms with E-state index in [1.54, 1.807) is 0 Å². The third-order valence-electron chi connectivity index (χ3n) is 13.2. The van der Waals surface area contributed by atoms with E-state index in [-0.39, 0.29) is 10.8 Å². The predicted octanol–water partition coefficient (Wildman–Crippen LogP) is 15.0. The van der Waals surface area contributed by atoms with E-state index >= 15 is 0 Å². The fourth-order valence-electron chi connectivity index (χ4n) is 10.8. The summed E-state index contributed by atoms with van der Waals surface area (Å²) in [6.07, 6.45) is 0. The Morgan fingerprint density at radius 1 is 0.382 bits per heavy atom. The van der Waals surface area contributed by atoms with Crippen molar-refractivity contribution in [3.05, 3.63) is 180 Å². The van der Waals surface area contributed by atoms with Gasteiger partial charge in [0.1, 0.15) is 11.2 Å². The van der Waals surface area contributed by atoms with Crippen molar-refractivity contribution >= 4 is 54.3 Å². The Hall–Kier alpha value is -6.44. The maximum absolute atomic E-state index is 6.97. The van der Waals surface area contributed by atoms with Crippen molar-refractivity contribution in [2.24, 2.45) is 0 Å². The molecule has 0 saturated heterocycles. The minimum atomic E-state index is -0.270. The van der Waals surface area contributed by atoms with Crippen molar-refractivity contribution < 1.29 is 4.42 Å². The zero-order valence-corrected chi connectivity index (χ0v) is 31.4. The Labute approximate surface area is 320 Å². The molecule has 10 aromatic rings. The Morgan fingerprint density at radius 2 is 0.891 bits per heavy atom. The lowest BCUT2D eigenvalue weighted by Gasteiger charge is -2.31. The first-order chi connectivity index (χ1) is 26.8. The second-order valence-electron chi connectivity index (χ2n) is 16.8. The largest absolute Gasteiger partial charge is 0.455 e. The van der Waals surface area contributed by atoms with Crippen LogP contribution in [0.15, 0.2) is 162 Å². The fourth-order valence-corrected chi connectivity index (χ4v) is 10.8. The van der Waals surface area contributed by atoms with Crippen molar-refractivity contribution in [2.75, 3.05) is 0 Å². The van der Waals surface area contributed by atoms with E-state index < -0.39 is 0 Å². The van der Waals surface area contributed by atoms with Crippen molar-refractivity contribution in [1.29, 1.82) is 0 Å². The highest BCUT2D eigenvalue weighted by Crippen LogP contribution is 2.63. The molecule has 1 nitrogen and oxygen atoms in total. The molecule has 0 spiro atoms. The third kappa shape index (κ3) is 3.93. The number of hydrogen-bond donors (Lipinski definition) is 0. The molecule has 0 bridgehead atoms. The second kappa shape index (κ2) is 10.6. The van der Waals surface area contributed by atoms with Gasteiger partial charge in [-0.3, -0.25) is 0 Å². The summed E-state index contributed by atoms with van der Waals surface area (Å²) in [5, 5.41) is 10.1. The highest BCUT2D eigenvalue weighted by molar-refractivity contribution is 6.23. The number of rotatable bonds is 2. The van der Waals surface area contributed by atoms with Crippen LogP contribution >= 0.6 is 0 Å². The van der Waals surface area contributed by atoms with Crippen LogP contribution in [-0.4, -0.2) is 0 Å². The lowest BCUT2D eigenvalue weighted by Crippen LogP contribution is -2.24. The first-order valence-corrected chi connectivity index (χ1v) is 19.5. The van der Waals surface area contributed by atoms with E-state index in [0.717, 1.165) is 11.2 Å². The Balaban J connectivity index is 1.15. The summed E-state index contributed by atoms with van der Waals surface area (Å²) in [6, 6.07) is 58.5. The van der Waals surface area contributed by atoms with Gasteiger partial charge in [0.2, 0.25) is 0 Å². The van der Waals surface area contributed by atoms with E-state index in [0.29, 0.717) is 0 Å². The van der Waals surface area contributed by atoms with Gasteiger partial charge in [-0.1, -0.05) is 167 Å². The molecule has 0 aliphatic heterocycles. The molecule has 0 fully saturated rings. The molecule has 0 unspecified atom stereocenters. The molecule has 9 aromatic carbocycles. The Kier molecular flexibility index (Phi) is 5.98. The predicted molar refractivity (Wildman–Crippen MR) is 232 cm³/mol. The third-order valence-corrected chi connectivity index (χ3v) is 13.2. The number of furan rings is 1. The van der Waals surface area contributed by atoms with Gasteiger partial charge in [0.05, 0.1) is 0 Å². The van der Waals surface area contributed by atoms with Crippen molar-refractivity contribution in [3.63, 3.8) is 0 Å². The van der Waals surface area contributed by atoms with Crippen LogP contribution in [0.3, 0.4) is 0 Å². The van der Waals surface area contributed by atoms with E-state index in [2.05, 4.69) is 185 Å². The molecule has 1 heteroatoms. The zero-order chi connectivity index (χ0) is 36.8. The van der Waals surface area contributed by atoms with Crippen LogP contribution in [0, 0.1) is 0 Å². The molecule has 1 heterocycles. The van der Waals surface area contributed by atoms with Crippen LogP contribution < -0.4 is 0 Å². The molecule has 0 N–H and O–H groups in total. The van der Waals surface area contributed by atoms with E-state index in [4.69, 9.17) is 4.42 Å². The van der Waals surface area contributed by atoms with Crippen LogP contribution in [-0.2, 0) is 10.8 Å². The Bertz CT molecular complexity index is 3260. The van der Waals surface area contributed by atoms with Crippen LogP contribution in [0.2, 0.25) is 0 Å². The summed E-state index contributed by atoms with van der Waals surface area (Å²) in [7, 11) is 0. The van der Waals surface area contributed by atoms with Crippen molar-refractivity contribution in [1.82, 2.24) is 0 Å². The van der Waals surface area contributed by atoms with Gasteiger partial charge in [0, 0.05) is 27.2 Å². The fraction of sp³-hybridized carbons (Fsp3) is 0.111. The van der Waals surface area contributed by atoms with Crippen LogP contribution in [0.4, 0.5) is 0 Å². The van der Waals surface area contributed by atoms with E-state index in [1.165, 1.54) is 110 Å². The summed E-state index contributed by atoms with van der Waals surface area (Å²) in [5.41, 5.74) is 17.4. The molecule has 2 aliphatic carbocycles. The average molecular weight is 703 g/mol. The molecule has 0 radical (unpaired) electrons. The quantitative estimate of drug-likeness (QED) is 0.163. The van der Waals surface area contributed by atoms with Crippen molar-refractivity contribution in [2.45, 2.75) is 38.5 Å². The monoisotopic (exact) mass is 702 g/mol. The van der Waals surface area contributed by atoms with Gasteiger partial charge in [0.25, 0.3) is 0 Å².